The fourth-order valence-electron chi connectivity index (χ4n) is 2.24. The molecule has 1 atom stereocenters. The molecule has 0 amide bonds. The molecule has 1 aromatic rings. The summed E-state index contributed by atoms with van der Waals surface area (Å²) in [7, 11) is -1.97. The van der Waals surface area contributed by atoms with Crippen LogP contribution in [0, 0.1) is 0 Å². The summed E-state index contributed by atoms with van der Waals surface area (Å²) in [5.41, 5.74) is 0. The van der Waals surface area contributed by atoms with Crippen LogP contribution in [-0.2, 0) is 14.8 Å². The highest BCUT2D eigenvalue weighted by atomic mass is 32.2. The Kier molecular flexibility index (Phi) is 4.95. The summed E-state index contributed by atoms with van der Waals surface area (Å²) in [5.74, 6) is 0.397. The lowest BCUT2D eigenvalue weighted by Crippen LogP contribution is -2.34. The van der Waals surface area contributed by atoms with Crippen molar-refractivity contribution in [3.8, 4) is 0 Å². The fraction of sp³-hybridized carbons (Fsp3) is 0.615. The standard InChI is InChI=1S/C13H21N3O3S/c1-3-14-13-12(7-4-8-15-13)20(17,18)16(2)10-11-6-5-9-19-11/h4,7-8,11H,3,5-6,9-10H2,1-2H3,(H,14,15). The van der Waals surface area contributed by atoms with Crippen LogP contribution in [0.25, 0.3) is 0 Å². The molecule has 6 nitrogen and oxygen atoms in total. The number of rotatable bonds is 6. The minimum absolute atomic E-state index is 0.00553. The molecule has 1 aromatic heterocycles. The van der Waals surface area contributed by atoms with Crippen molar-refractivity contribution >= 4 is 15.8 Å². The molecule has 2 rings (SSSR count). The molecule has 1 N–H and O–H groups in total. The lowest BCUT2D eigenvalue weighted by Gasteiger charge is -2.21. The van der Waals surface area contributed by atoms with Crippen LogP contribution in [0.5, 0.6) is 0 Å². The first-order valence-electron chi connectivity index (χ1n) is 6.82. The van der Waals surface area contributed by atoms with Crippen molar-refractivity contribution in [2.45, 2.75) is 30.8 Å². The largest absolute Gasteiger partial charge is 0.377 e. The quantitative estimate of drug-likeness (QED) is 0.857. The molecule has 0 saturated carbocycles. The number of pyridine rings is 1. The van der Waals surface area contributed by atoms with Gasteiger partial charge in [0, 0.05) is 32.9 Å². The molecule has 1 unspecified atom stereocenters. The molecule has 2 heterocycles. The van der Waals surface area contributed by atoms with Gasteiger partial charge in [0.25, 0.3) is 0 Å². The zero-order valence-electron chi connectivity index (χ0n) is 11.9. The fourth-order valence-corrected chi connectivity index (χ4v) is 3.56. The highest BCUT2D eigenvalue weighted by molar-refractivity contribution is 7.89. The van der Waals surface area contributed by atoms with Gasteiger partial charge in [0.05, 0.1) is 6.10 Å². The maximum atomic E-state index is 12.6. The van der Waals surface area contributed by atoms with E-state index in [-0.39, 0.29) is 11.0 Å². The van der Waals surface area contributed by atoms with E-state index in [0.29, 0.717) is 25.5 Å². The lowest BCUT2D eigenvalue weighted by molar-refractivity contribution is 0.0979. The Morgan fingerprint density at radius 1 is 1.55 bits per heavy atom. The molecular formula is C13H21N3O3S. The van der Waals surface area contributed by atoms with Crippen molar-refractivity contribution in [1.29, 1.82) is 0 Å². The van der Waals surface area contributed by atoms with E-state index in [1.54, 1.807) is 25.4 Å². The Morgan fingerprint density at radius 2 is 2.35 bits per heavy atom. The molecular weight excluding hydrogens is 278 g/mol. The van der Waals surface area contributed by atoms with E-state index in [1.807, 2.05) is 6.92 Å². The molecule has 112 valence electrons. The van der Waals surface area contributed by atoms with E-state index >= 15 is 0 Å². The normalized spacial score (nSPS) is 19.4. The minimum atomic E-state index is -3.55. The van der Waals surface area contributed by atoms with E-state index in [4.69, 9.17) is 4.74 Å². The van der Waals surface area contributed by atoms with E-state index in [2.05, 4.69) is 10.3 Å². The number of nitrogens with zero attached hydrogens (tertiary/aromatic N) is 2. The molecule has 0 aliphatic carbocycles. The Balaban J connectivity index is 2.20. The molecule has 1 fully saturated rings. The van der Waals surface area contributed by atoms with Gasteiger partial charge >= 0.3 is 0 Å². The SMILES string of the molecule is CCNc1ncccc1S(=O)(=O)N(C)CC1CCCO1. The first kappa shape index (κ1) is 15.2. The van der Waals surface area contributed by atoms with Gasteiger partial charge in [-0.25, -0.2) is 13.4 Å². The number of sulfonamides is 1. The van der Waals surface area contributed by atoms with Gasteiger partial charge in [0.2, 0.25) is 10.0 Å². The molecule has 0 aromatic carbocycles. The van der Waals surface area contributed by atoms with E-state index in [9.17, 15) is 8.42 Å². The van der Waals surface area contributed by atoms with E-state index in [1.165, 1.54) is 4.31 Å². The summed E-state index contributed by atoms with van der Waals surface area (Å²) in [6.45, 7) is 3.62. The lowest BCUT2D eigenvalue weighted by atomic mass is 10.2. The van der Waals surface area contributed by atoms with Crippen molar-refractivity contribution in [2.75, 3.05) is 32.1 Å². The predicted octanol–water partition coefficient (Wildman–Crippen LogP) is 1.31. The van der Waals surface area contributed by atoms with Gasteiger partial charge in [-0.05, 0) is 31.9 Å². The monoisotopic (exact) mass is 299 g/mol. The third-order valence-corrected chi connectivity index (χ3v) is 5.14. The average molecular weight is 299 g/mol. The Bertz CT molecular complexity index is 542. The van der Waals surface area contributed by atoms with Crippen molar-refractivity contribution in [2.24, 2.45) is 0 Å². The zero-order valence-corrected chi connectivity index (χ0v) is 12.7. The third-order valence-electron chi connectivity index (χ3n) is 3.29. The molecule has 0 radical (unpaired) electrons. The zero-order chi connectivity index (χ0) is 14.6. The van der Waals surface area contributed by atoms with Crippen LogP contribution in [0.2, 0.25) is 0 Å². The van der Waals surface area contributed by atoms with Crippen molar-refractivity contribution in [1.82, 2.24) is 9.29 Å². The minimum Gasteiger partial charge on any atom is -0.377 e. The molecule has 0 bridgehead atoms. The van der Waals surface area contributed by atoms with Gasteiger partial charge in [-0.2, -0.15) is 4.31 Å². The van der Waals surface area contributed by atoms with Crippen LogP contribution < -0.4 is 5.32 Å². The molecule has 20 heavy (non-hydrogen) atoms. The van der Waals surface area contributed by atoms with Gasteiger partial charge < -0.3 is 10.1 Å². The topological polar surface area (TPSA) is 71.5 Å². The first-order valence-corrected chi connectivity index (χ1v) is 8.26. The summed E-state index contributed by atoms with van der Waals surface area (Å²) in [4.78, 5) is 4.31. The smallest absolute Gasteiger partial charge is 0.246 e. The van der Waals surface area contributed by atoms with Crippen LogP contribution in [-0.4, -0.2) is 50.6 Å². The Morgan fingerprint density at radius 3 is 3.00 bits per heavy atom. The van der Waals surface area contributed by atoms with Crippen LogP contribution in [0.1, 0.15) is 19.8 Å². The van der Waals surface area contributed by atoms with Crippen LogP contribution in [0.3, 0.4) is 0 Å². The van der Waals surface area contributed by atoms with Gasteiger partial charge in [0.15, 0.2) is 0 Å². The van der Waals surface area contributed by atoms with Gasteiger partial charge in [-0.15, -0.1) is 0 Å². The van der Waals surface area contributed by atoms with E-state index in [0.717, 1.165) is 12.8 Å². The number of ether oxygens (including phenoxy) is 1. The first-order chi connectivity index (χ1) is 9.55. The van der Waals surface area contributed by atoms with Crippen molar-refractivity contribution in [3.05, 3.63) is 18.3 Å². The maximum absolute atomic E-state index is 12.6. The summed E-state index contributed by atoms with van der Waals surface area (Å²) in [6.07, 6.45) is 3.48. The summed E-state index contributed by atoms with van der Waals surface area (Å²) in [5, 5.41) is 2.98. The number of hydrogen-bond donors (Lipinski definition) is 1. The molecule has 1 aliphatic heterocycles. The van der Waals surface area contributed by atoms with Crippen LogP contribution in [0.4, 0.5) is 5.82 Å². The van der Waals surface area contributed by atoms with Crippen LogP contribution >= 0.6 is 0 Å². The van der Waals surface area contributed by atoms with Gasteiger partial charge in [-0.3, -0.25) is 0 Å². The molecule has 1 saturated heterocycles. The number of aromatic nitrogens is 1. The molecule has 7 heteroatoms. The molecule has 1 aliphatic rings. The highest BCUT2D eigenvalue weighted by Crippen LogP contribution is 2.23. The number of likely N-dealkylation sites (N-methyl/N-ethyl adjacent to an activating group) is 1. The second-order valence-corrected chi connectivity index (χ2v) is 6.81. The predicted molar refractivity (Wildman–Crippen MR) is 77.2 cm³/mol. The molecule has 0 spiro atoms. The summed E-state index contributed by atoms with van der Waals surface area (Å²) >= 11 is 0. The summed E-state index contributed by atoms with van der Waals surface area (Å²) in [6, 6.07) is 3.21. The number of nitrogens with one attached hydrogen (secondary N) is 1. The maximum Gasteiger partial charge on any atom is 0.246 e. The Hall–Kier alpha value is -1.18. The van der Waals surface area contributed by atoms with Gasteiger partial charge in [-0.1, -0.05) is 0 Å². The van der Waals surface area contributed by atoms with Crippen molar-refractivity contribution < 1.29 is 13.2 Å². The van der Waals surface area contributed by atoms with Crippen molar-refractivity contribution in [3.63, 3.8) is 0 Å². The number of anilines is 1. The van der Waals surface area contributed by atoms with E-state index < -0.39 is 10.0 Å². The highest BCUT2D eigenvalue weighted by Gasteiger charge is 2.28. The third kappa shape index (κ3) is 3.28. The second-order valence-electron chi connectivity index (χ2n) is 4.80. The Labute approximate surface area is 120 Å². The number of hydrogen-bond acceptors (Lipinski definition) is 5. The van der Waals surface area contributed by atoms with Gasteiger partial charge in [0.1, 0.15) is 10.7 Å². The summed E-state index contributed by atoms with van der Waals surface area (Å²) < 4.78 is 32.1. The second kappa shape index (κ2) is 6.51. The average Bonchev–Trinajstić information content (AvgIpc) is 2.92. The van der Waals surface area contributed by atoms with Crippen LogP contribution in [0.15, 0.2) is 23.2 Å².